The molecule has 0 saturated carbocycles. The molecule has 1 rings (SSSR count). The fraction of sp³-hybridized carbons (Fsp3) is 0.182. The highest BCUT2D eigenvalue weighted by atomic mass is 16.6. The maximum absolute atomic E-state index is 11.7. The van der Waals surface area contributed by atoms with E-state index in [1.807, 2.05) is 0 Å². The van der Waals surface area contributed by atoms with E-state index in [-0.39, 0.29) is 5.56 Å². The van der Waals surface area contributed by atoms with Crippen molar-refractivity contribution < 1.29 is 9.72 Å². The molecule has 0 aliphatic carbocycles. The quantitative estimate of drug-likeness (QED) is 0.277. The van der Waals surface area contributed by atoms with Crippen molar-refractivity contribution in [3.8, 4) is 0 Å². The molecule has 0 atom stereocenters. The number of ketones is 1. The number of nitrogens with zero attached hydrogens (tertiary/aromatic N) is 1. The second-order valence-corrected chi connectivity index (χ2v) is 3.56. The van der Waals surface area contributed by atoms with E-state index in [2.05, 4.69) is 6.58 Å². The van der Waals surface area contributed by atoms with Gasteiger partial charge in [-0.05, 0) is 43.7 Å². The molecule has 5 heteroatoms. The molecule has 16 heavy (non-hydrogen) atoms. The van der Waals surface area contributed by atoms with Crippen LogP contribution in [-0.2, 0) is 0 Å². The molecule has 0 unspecified atom stereocenters. The van der Waals surface area contributed by atoms with Gasteiger partial charge in [0.15, 0.2) is 0 Å². The van der Waals surface area contributed by atoms with E-state index in [0.717, 1.165) is 0 Å². The van der Waals surface area contributed by atoms with E-state index in [9.17, 15) is 14.9 Å². The summed E-state index contributed by atoms with van der Waals surface area (Å²) in [5, 5.41) is 10.4. The van der Waals surface area contributed by atoms with Crippen molar-refractivity contribution in [1.82, 2.24) is 0 Å². The number of aryl methyl sites for hydroxylation is 2. The first kappa shape index (κ1) is 11.9. The topological polar surface area (TPSA) is 86.2 Å². The van der Waals surface area contributed by atoms with Crippen LogP contribution in [0.5, 0.6) is 0 Å². The van der Waals surface area contributed by atoms with Crippen LogP contribution in [0.3, 0.4) is 0 Å². The number of hydrogen-bond donors (Lipinski definition) is 1. The Hall–Kier alpha value is -2.17. The summed E-state index contributed by atoms with van der Waals surface area (Å²) < 4.78 is 0. The number of nitrogen functional groups attached to an aromatic ring is 1. The van der Waals surface area contributed by atoms with Gasteiger partial charge < -0.3 is 5.73 Å². The third kappa shape index (κ3) is 2.08. The summed E-state index contributed by atoms with van der Waals surface area (Å²) in [4.78, 5) is 21.3. The van der Waals surface area contributed by atoms with Crippen LogP contribution in [0.1, 0.15) is 21.5 Å². The summed E-state index contributed by atoms with van der Waals surface area (Å²) in [5.74, 6) is -0.675. The molecule has 0 radical (unpaired) electrons. The van der Waals surface area contributed by atoms with Crippen molar-refractivity contribution in [3.63, 3.8) is 0 Å². The number of rotatable bonds is 3. The monoisotopic (exact) mass is 220 g/mol. The number of benzene rings is 1. The summed E-state index contributed by atoms with van der Waals surface area (Å²) in [5.41, 5.74) is 7.17. The number of anilines is 1. The number of Topliss-reactive ketones (excluding diaryl/α,β-unsaturated/α-hetero) is 1. The highest BCUT2D eigenvalue weighted by Gasteiger charge is 2.22. The Morgan fingerprint density at radius 1 is 1.38 bits per heavy atom. The summed E-state index contributed by atoms with van der Waals surface area (Å²) >= 11 is 0. The van der Waals surface area contributed by atoms with Gasteiger partial charge in [0.25, 0.3) is 5.78 Å². The number of nitro groups is 1. The summed E-state index contributed by atoms with van der Waals surface area (Å²) in [6.07, 6.45) is 0. The Balaban J connectivity index is 3.24. The standard InChI is InChI=1S/C11H12N2O3/c1-6-5-10(12)7(2)4-9(6)11(14)8(3)13(15)16/h4-5H,3,12H2,1-2H3. The number of carbonyl (C=O) groups excluding carboxylic acids is 1. The molecule has 1 aromatic carbocycles. The molecule has 5 nitrogen and oxygen atoms in total. The van der Waals surface area contributed by atoms with Crippen molar-refractivity contribution in [3.05, 3.63) is 51.2 Å². The van der Waals surface area contributed by atoms with Gasteiger partial charge in [-0.25, -0.2) is 0 Å². The lowest BCUT2D eigenvalue weighted by molar-refractivity contribution is -0.416. The first-order valence-corrected chi connectivity index (χ1v) is 4.59. The van der Waals surface area contributed by atoms with Crippen LogP contribution in [-0.4, -0.2) is 10.7 Å². The lowest BCUT2D eigenvalue weighted by Gasteiger charge is -2.06. The molecule has 84 valence electrons. The zero-order chi connectivity index (χ0) is 12.5. The molecule has 2 N–H and O–H groups in total. The molecule has 0 aliphatic heterocycles. The molecular formula is C11H12N2O3. The normalized spacial score (nSPS) is 9.88. The number of nitrogens with two attached hydrogens (primary N) is 1. The minimum atomic E-state index is -0.784. The van der Waals surface area contributed by atoms with Crippen molar-refractivity contribution in [2.75, 3.05) is 5.73 Å². The van der Waals surface area contributed by atoms with Gasteiger partial charge in [0.1, 0.15) is 0 Å². The van der Waals surface area contributed by atoms with Crippen LogP contribution in [0.15, 0.2) is 24.4 Å². The zero-order valence-electron chi connectivity index (χ0n) is 9.11. The van der Waals surface area contributed by atoms with Gasteiger partial charge in [-0.1, -0.05) is 0 Å². The molecule has 0 aromatic heterocycles. The summed E-state index contributed by atoms with van der Waals surface area (Å²) in [6.45, 7) is 6.56. The fourth-order valence-corrected chi connectivity index (χ4v) is 1.32. The van der Waals surface area contributed by atoms with Gasteiger partial charge in [0.05, 0.1) is 4.92 Å². The second kappa shape index (κ2) is 4.14. The maximum Gasteiger partial charge on any atom is 0.309 e. The molecule has 0 saturated heterocycles. The third-order valence-electron chi connectivity index (χ3n) is 2.34. The highest BCUT2D eigenvalue weighted by molar-refractivity contribution is 6.08. The zero-order valence-corrected chi connectivity index (χ0v) is 9.11. The molecule has 0 bridgehead atoms. The Bertz CT molecular complexity index is 492. The number of allylic oxidation sites excluding steroid dienone is 1. The van der Waals surface area contributed by atoms with Crippen LogP contribution < -0.4 is 5.73 Å². The Morgan fingerprint density at radius 3 is 2.44 bits per heavy atom. The van der Waals surface area contributed by atoms with Gasteiger partial charge in [-0.3, -0.25) is 14.9 Å². The molecule has 0 amide bonds. The van der Waals surface area contributed by atoms with Gasteiger partial charge in [0, 0.05) is 11.3 Å². The summed E-state index contributed by atoms with van der Waals surface area (Å²) in [6, 6.07) is 3.16. The smallest absolute Gasteiger partial charge is 0.309 e. The minimum absolute atomic E-state index is 0.272. The summed E-state index contributed by atoms with van der Waals surface area (Å²) in [7, 11) is 0. The Labute approximate surface area is 92.7 Å². The molecule has 1 aromatic rings. The first-order chi connectivity index (χ1) is 7.34. The maximum atomic E-state index is 11.7. The molecule has 0 spiro atoms. The third-order valence-corrected chi connectivity index (χ3v) is 2.34. The van der Waals surface area contributed by atoms with Gasteiger partial charge in [-0.15, -0.1) is 0 Å². The lowest BCUT2D eigenvalue weighted by atomic mass is 9.99. The van der Waals surface area contributed by atoms with Crippen LogP contribution >= 0.6 is 0 Å². The van der Waals surface area contributed by atoms with E-state index in [1.165, 1.54) is 0 Å². The Morgan fingerprint density at radius 2 is 1.94 bits per heavy atom. The van der Waals surface area contributed by atoms with Crippen LogP contribution in [0.25, 0.3) is 0 Å². The highest BCUT2D eigenvalue weighted by Crippen LogP contribution is 2.20. The van der Waals surface area contributed by atoms with Crippen molar-refractivity contribution in [2.45, 2.75) is 13.8 Å². The minimum Gasteiger partial charge on any atom is -0.399 e. The van der Waals surface area contributed by atoms with Gasteiger partial charge >= 0.3 is 5.70 Å². The fourth-order valence-electron chi connectivity index (χ4n) is 1.32. The molecular weight excluding hydrogens is 208 g/mol. The SMILES string of the molecule is C=C(C(=O)c1cc(C)c(N)cc1C)[N+](=O)[O-]. The largest absolute Gasteiger partial charge is 0.399 e. The van der Waals surface area contributed by atoms with Gasteiger partial charge in [0.2, 0.25) is 0 Å². The molecule has 0 aliphatic rings. The Kier molecular flexibility index (Phi) is 3.08. The lowest BCUT2D eigenvalue weighted by Crippen LogP contribution is -2.12. The van der Waals surface area contributed by atoms with Crippen molar-refractivity contribution >= 4 is 11.5 Å². The predicted octanol–water partition coefficient (Wildman–Crippen LogP) is 1.86. The van der Waals surface area contributed by atoms with Crippen LogP contribution in [0.2, 0.25) is 0 Å². The van der Waals surface area contributed by atoms with E-state index in [4.69, 9.17) is 5.73 Å². The average Bonchev–Trinajstić information content (AvgIpc) is 2.21. The molecule has 0 fully saturated rings. The van der Waals surface area contributed by atoms with Crippen molar-refractivity contribution in [1.29, 1.82) is 0 Å². The van der Waals surface area contributed by atoms with E-state index in [0.29, 0.717) is 16.8 Å². The number of hydrogen-bond acceptors (Lipinski definition) is 4. The van der Waals surface area contributed by atoms with Crippen molar-refractivity contribution in [2.24, 2.45) is 0 Å². The number of carbonyl (C=O) groups is 1. The predicted molar refractivity (Wildman–Crippen MR) is 60.8 cm³/mol. The van der Waals surface area contributed by atoms with E-state index < -0.39 is 16.4 Å². The van der Waals surface area contributed by atoms with Crippen LogP contribution in [0, 0.1) is 24.0 Å². The first-order valence-electron chi connectivity index (χ1n) is 4.59. The van der Waals surface area contributed by atoms with E-state index in [1.54, 1.807) is 26.0 Å². The second-order valence-electron chi connectivity index (χ2n) is 3.56. The van der Waals surface area contributed by atoms with E-state index >= 15 is 0 Å². The molecule has 0 heterocycles. The van der Waals surface area contributed by atoms with Gasteiger partial charge in [-0.2, -0.15) is 0 Å². The van der Waals surface area contributed by atoms with Crippen LogP contribution in [0.4, 0.5) is 5.69 Å². The average molecular weight is 220 g/mol.